The normalized spacial score (nSPS) is 12.7. The fourth-order valence-electron chi connectivity index (χ4n) is 3.60. The van der Waals surface area contributed by atoms with Crippen LogP contribution in [0.15, 0.2) is 72.8 Å². The molecule has 3 aromatic carbocycles. The van der Waals surface area contributed by atoms with Crippen molar-refractivity contribution in [2.75, 3.05) is 0 Å². The first-order valence-electron chi connectivity index (χ1n) is 10.7. The molecular formula is C26H28F3NO. The lowest BCUT2D eigenvalue weighted by atomic mass is 10.0. The number of benzene rings is 3. The SMILES string of the molecule is CCCc1ccc(CCc2ccc(C[NH+]([O-])Cc3ccc(C(F)(F)F)cc3)cc2)cc1. The second kappa shape index (κ2) is 10.6. The van der Waals surface area contributed by atoms with Gasteiger partial charge in [-0.05, 0) is 48.1 Å². The van der Waals surface area contributed by atoms with Crippen LogP contribution in [0.5, 0.6) is 0 Å². The van der Waals surface area contributed by atoms with Crippen molar-refractivity contribution >= 4 is 0 Å². The molecule has 0 fully saturated rings. The van der Waals surface area contributed by atoms with E-state index in [1.165, 1.54) is 28.8 Å². The first-order valence-corrected chi connectivity index (χ1v) is 10.7. The molecule has 0 bridgehead atoms. The molecule has 0 heterocycles. The first kappa shape index (κ1) is 23.0. The van der Waals surface area contributed by atoms with Crippen LogP contribution < -0.4 is 5.06 Å². The van der Waals surface area contributed by atoms with Gasteiger partial charge in [-0.3, -0.25) is 0 Å². The molecular weight excluding hydrogens is 399 g/mol. The summed E-state index contributed by atoms with van der Waals surface area (Å²) in [5.74, 6) is 0. The van der Waals surface area contributed by atoms with Gasteiger partial charge in [-0.2, -0.15) is 13.2 Å². The zero-order valence-corrected chi connectivity index (χ0v) is 17.7. The number of alkyl halides is 3. The molecule has 0 aliphatic carbocycles. The van der Waals surface area contributed by atoms with Gasteiger partial charge >= 0.3 is 6.18 Å². The molecule has 0 aromatic heterocycles. The minimum atomic E-state index is -4.36. The average Bonchev–Trinajstić information content (AvgIpc) is 2.74. The van der Waals surface area contributed by atoms with Gasteiger partial charge in [-0.1, -0.05) is 74.0 Å². The molecule has 0 saturated carbocycles. The van der Waals surface area contributed by atoms with Gasteiger partial charge in [0.1, 0.15) is 13.1 Å². The Bertz CT molecular complexity index is 932. The summed E-state index contributed by atoms with van der Waals surface area (Å²) < 4.78 is 37.9. The third-order valence-corrected chi connectivity index (χ3v) is 5.37. The maximum absolute atomic E-state index is 12.6. The van der Waals surface area contributed by atoms with Gasteiger partial charge < -0.3 is 10.3 Å². The van der Waals surface area contributed by atoms with Crippen molar-refractivity contribution in [1.29, 1.82) is 0 Å². The highest BCUT2D eigenvalue weighted by molar-refractivity contribution is 5.27. The summed E-state index contributed by atoms with van der Waals surface area (Å²) in [4.78, 5) is 0. The van der Waals surface area contributed by atoms with E-state index in [0.717, 1.165) is 43.4 Å². The van der Waals surface area contributed by atoms with Crippen molar-refractivity contribution in [1.82, 2.24) is 0 Å². The molecule has 0 saturated heterocycles. The molecule has 164 valence electrons. The van der Waals surface area contributed by atoms with Crippen molar-refractivity contribution in [3.05, 3.63) is 111 Å². The van der Waals surface area contributed by atoms with Crippen LogP contribution in [0, 0.1) is 5.21 Å². The Labute approximate surface area is 181 Å². The van der Waals surface area contributed by atoms with Gasteiger partial charge in [0.25, 0.3) is 0 Å². The lowest BCUT2D eigenvalue weighted by molar-refractivity contribution is -0.876. The minimum absolute atomic E-state index is 0.0142. The van der Waals surface area contributed by atoms with Crippen LogP contribution in [0.25, 0.3) is 0 Å². The molecule has 0 amide bonds. The van der Waals surface area contributed by atoms with E-state index >= 15 is 0 Å². The zero-order chi connectivity index (χ0) is 22.3. The van der Waals surface area contributed by atoms with Gasteiger partial charge in [0.2, 0.25) is 0 Å². The smallest absolute Gasteiger partial charge is 0.416 e. The van der Waals surface area contributed by atoms with Crippen LogP contribution in [-0.2, 0) is 38.5 Å². The molecule has 1 atom stereocenters. The highest BCUT2D eigenvalue weighted by Crippen LogP contribution is 2.29. The molecule has 0 aliphatic rings. The van der Waals surface area contributed by atoms with Crippen LogP contribution >= 0.6 is 0 Å². The highest BCUT2D eigenvalue weighted by atomic mass is 19.4. The highest BCUT2D eigenvalue weighted by Gasteiger charge is 2.29. The number of quaternary nitrogens is 1. The first-order chi connectivity index (χ1) is 14.8. The Morgan fingerprint density at radius 3 is 1.35 bits per heavy atom. The van der Waals surface area contributed by atoms with Gasteiger partial charge in [-0.15, -0.1) is 0 Å². The summed E-state index contributed by atoms with van der Waals surface area (Å²) in [6.45, 7) is 2.59. The van der Waals surface area contributed by atoms with Gasteiger partial charge in [-0.25, -0.2) is 0 Å². The maximum Gasteiger partial charge on any atom is 0.416 e. The number of aryl methyl sites for hydroxylation is 3. The topological polar surface area (TPSA) is 27.5 Å². The predicted octanol–water partition coefficient (Wildman–Crippen LogP) is 5.53. The number of nitrogens with one attached hydrogen (secondary N) is 1. The molecule has 31 heavy (non-hydrogen) atoms. The Morgan fingerprint density at radius 1 is 0.613 bits per heavy atom. The van der Waals surface area contributed by atoms with Crippen molar-refractivity contribution in [3.63, 3.8) is 0 Å². The zero-order valence-electron chi connectivity index (χ0n) is 17.7. The van der Waals surface area contributed by atoms with Crippen molar-refractivity contribution in [2.24, 2.45) is 0 Å². The van der Waals surface area contributed by atoms with E-state index < -0.39 is 11.7 Å². The maximum atomic E-state index is 12.6. The number of rotatable bonds is 9. The third kappa shape index (κ3) is 7.23. The van der Waals surface area contributed by atoms with Crippen molar-refractivity contribution < 1.29 is 18.2 Å². The van der Waals surface area contributed by atoms with Crippen LogP contribution in [-0.4, -0.2) is 0 Å². The van der Waals surface area contributed by atoms with E-state index in [1.54, 1.807) is 0 Å². The summed E-state index contributed by atoms with van der Waals surface area (Å²) in [5, 5.41) is 12.3. The summed E-state index contributed by atoms with van der Waals surface area (Å²) >= 11 is 0. The molecule has 3 rings (SSSR count). The summed E-state index contributed by atoms with van der Waals surface area (Å²) in [7, 11) is 0. The number of hydrogen-bond acceptors (Lipinski definition) is 1. The van der Waals surface area contributed by atoms with Crippen LogP contribution in [0.3, 0.4) is 0 Å². The van der Waals surface area contributed by atoms with E-state index in [1.807, 2.05) is 24.3 Å². The van der Waals surface area contributed by atoms with E-state index in [2.05, 4.69) is 31.2 Å². The van der Waals surface area contributed by atoms with Crippen LogP contribution in [0.2, 0.25) is 0 Å². The fourth-order valence-corrected chi connectivity index (χ4v) is 3.60. The second-order valence-electron chi connectivity index (χ2n) is 7.97. The molecule has 5 heteroatoms. The number of halogens is 3. The van der Waals surface area contributed by atoms with Crippen molar-refractivity contribution in [3.8, 4) is 0 Å². The Balaban J connectivity index is 1.48. The molecule has 0 spiro atoms. The minimum Gasteiger partial charge on any atom is -0.634 e. The Hall–Kier alpha value is -2.63. The number of hydroxylamine groups is 2. The third-order valence-electron chi connectivity index (χ3n) is 5.37. The Kier molecular flexibility index (Phi) is 7.88. The molecule has 0 radical (unpaired) electrons. The standard InChI is InChI=1S/C26H28F3NO/c1-2-3-20-4-6-21(7-5-20)8-9-22-10-12-23(13-11-22)18-30(31)19-24-14-16-25(17-15-24)26(27,28)29/h4-7,10-17,30H,2-3,8-9,18-19H2,1H3. The van der Waals surface area contributed by atoms with E-state index in [0.29, 0.717) is 5.56 Å². The van der Waals surface area contributed by atoms with Crippen LogP contribution in [0.1, 0.15) is 46.7 Å². The quantitative estimate of drug-likeness (QED) is 0.447. The number of hydrogen-bond donors (Lipinski definition) is 1. The van der Waals surface area contributed by atoms with Crippen molar-refractivity contribution in [2.45, 2.75) is 51.9 Å². The molecule has 1 unspecified atom stereocenters. The Morgan fingerprint density at radius 2 is 0.968 bits per heavy atom. The molecule has 2 nitrogen and oxygen atoms in total. The van der Waals surface area contributed by atoms with E-state index in [-0.39, 0.29) is 18.2 Å². The lowest BCUT2D eigenvalue weighted by Crippen LogP contribution is -3.04. The molecule has 1 N–H and O–H groups in total. The van der Waals surface area contributed by atoms with Crippen LogP contribution in [0.4, 0.5) is 13.2 Å². The largest absolute Gasteiger partial charge is 0.634 e. The van der Waals surface area contributed by atoms with Gasteiger partial charge in [0.15, 0.2) is 0 Å². The van der Waals surface area contributed by atoms with Gasteiger partial charge in [0, 0.05) is 11.1 Å². The summed E-state index contributed by atoms with van der Waals surface area (Å²) in [6, 6.07) is 21.6. The molecule has 0 aliphatic heterocycles. The average molecular weight is 428 g/mol. The van der Waals surface area contributed by atoms with Gasteiger partial charge in [0.05, 0.1) is 5.56 Å². The lowest BCUT2D eigenvalue weighted by Gasteiger charge is -2.22. The predicted molar refractivity (Wildman–Crippen MR) is 117 cm³/mol. The van der Waals surface area contributed by atoms with E-state index in [4.69, 9.17) is 0 Å². The second-order valence-corrected chi connectivity index (χ2v) is 7.97. The van der Waals surface area contributed by atoms with E-state index in [9.17, 15) is 18.4 Å². The summed E-state index contributed by atoms with van der Waals surface area (Å²) in [5.41, 5.74) is 4.73. The summed E-state index contributed by atoms with van der Waals surface area (Å²) in [6.07, 6.45) is -0.188. The fraction of sp³-hybridized carbons (Fsp3) is 0.308. The molecule has 3 aromatic rings. The monoisotopic (exact) mass is 427 g/mol.